The minimum atomic E-state index is -5.10. The minimum absolute atomic E-state index is 0.0539. The lowest BCUT2D eigenvalue weighted by molar-refractivity contribution is -0.222. The maximum absolute atomic E-state index is 15.2. The molecule has 4 amide bonds. The average molecular weight is 891 g/mol. The number of halogens is 3. The zero-order chi connectivity index (χ0) is 45.2. The molecule has 0 spiro atoms. The Morgan fingerprint density at radius 1 is 1.08 bits per heavy atom. The van der Waals surface area contributed by atoms with Crippen LogP contribution in [0.2, 0.25) is 0 Å². The summed E-state index contributed by atoms with van der Waals surface area (Å²) in [4.78, 5) is 65.2. The van der Waals surface area contributed by atoms with Crippen LogP contribution < -0.4 is 24.4 Å². The molecule has 2 saturated carbocycles. The number of aromatic nitrogens is 1. The van der Waals surface area contributed by atoms with Gasteiger partial charge in [0.25, 0.3) is 5.91 Å². The molecule has 1 aromatic carbocycles. The molecule has 5 aliphatic rings. The van der Waals surface area contributed by atoms with Gasteiger partial charge in [-0.3, -0.25) is 24.0 Å². The first-order valence-electron chi connectivity index (χ1n) is 21.4. The van der Waals surface area contributed by atoms with Crippen LogP contribution in [0.15, 0.2) is 36.4 Å². The molecule has 0 bridgehead atoms. The number of hydrogen-bond acceptors (Lipinski definition) is 10. The second-order valence-corrected chi connectivity index (χ2v) is 20.9. The summed E-state index contributed by atoms with van der Waals surface area (Å²) in [6, 6.07) is 3.85. The van der Waals surface area contributed by atoms with Crippen LogP contribution in [0, 0.1) is 17.8 Å². The van der Waals surface area contributed by atoms with Gasteiger partial charge in [-0.1, -0.05) is 26.0 Å². The van der Waals surface area contributed by atoms with Crippen molar-refractivity contribution in [2.45, 2.75) is 133 Å². The zero-order valence-electron chi connectivity index (χ0n) is 36.0. The third kappa shape index (κ3) is 8.49. The number of amides is 4. The molecule has 7 atom stereocenters. The van der Waals surface area contributed by atoms with Crippen LogP contribution in [-0.2, 0) is 24.4 Å². The second-order valence-electron chi connectivity index (χ2n) is 18.7. The molecule has 15 nitrogen and oxygen atoms in total. The number of carbonyl (C=O) groups is 4. The van der Waals surface area contributed by atoms with Gasteiger partial charge in [0, 0.05) is 30.8 Å². The monoisotopic (exact) mass is 890 g/mol. The van der Waals surface area contributed by atoms with E-state index in [1.807, 2.05) is 25.1 Å². The van der Waals surface area contributed by atoms with Gasteiger partial charge in [0.05, 0.1) is 18.4 Å². The largest absolute Gasteiger partial charge is 0.497 e. The first kappa shape index (κ1) is 45.2. The Morgan fingerprint density at radius 3 is 2.40 bits per heavy atom. The number of pyridine rings is 1. The van der Waals surface area contributed by atoms with Crippen molar-refractivity contribution in [3.05, 3.63) is 36.4 Å². The van der Waals surface area contributed by atoms with Crippen molar-refractivity contribution < 1.29 is 55.3 Å². The molecule has 4 fully saturated rings. The third-order valence-electron chi connectivity index (χ3n) is 13.7. The molecule has 3 aliphatic heterocycles. The predicted molar refractivity (Wildman–Crippen MR) is 223 cm³/mol. The molecule has 4 heterocycles. The highest BCUT2D eigenvalue weighted by molar-refractivity contribution is 7.91. The van der Waals surface area contributed by atoms with Gasteiger partial charge in [0.2, 0.25) is 27.7 Å². The standard InChI is InChI=1S/C43H57F3N6O9S/c1-25-11-7-8-12-28-23-42(28,38(55)49-62(58,59)41(5)15-16-41)48-35(53)32-22-30(24-51(32)37(54)34(26(2)19-25)52(39(56)57)40(3,4)43(44,45)46)61-36-31-14-13-29(60-6)20-27(31)21-33(47-36)50-17-9-10-18-50/h8,12-14,20-21,25-26,28,30,32,34H,7,9-11,15-19,22-24H2,1-6H3,(H,48,53)(H,49,55)(H,56,57)/t25-,26+,28+,30+,32-,34-,42+/m0/s1. The number of ether oxygens (including phenoxy) is 2. The number of nitrogens with one attached hydrogen (secondary N) is 2. The topological polar surface area (TPSA) is 188 Å². The number of allylic oxidation sites excluding steroid dienone is 1. The average Bonchev–Trinajstić information content (AvgIpc) is 3.94. The lowest BCUT2D eigenvalue weighted by atomic mass is 9.85. The van der Waals surface area contributed by atoms with E-state index in [1.54, 1.807) is 25.3 Å². The van der Waals surface area contributed by atoms with E-state index in [0.29, 0.717) is 56.5 Å². The minimum Gasteiger partial charge on any atom is -0.497 e. The van der Waals surface area contributed by atoms with Gasteiger partial charge >= 0.3 is 12.3 Å². The first-order valence-corrected chi connectivity index (χ1v) is 22.9. The van der Waals surface area contributed by atoms with Crippen LogP contribution in [0.5, 0.6) is 11.6 Å². The van der Waals surface area contributed by atoms with Crippen molar-refractivity contribution in [3.63, 3.8) is 0 Å². The molecule has 1 aromatic heterocycles. The maximum Gasteiger partial charge on any atom is 0.411 e. The fraction of sp³-hybridized carbons (Fsp3) is 0.651. The SMILES string of the molecule is COc1ccc2c(O[C@@H]3C[C@H]4C(=O)N[C@]5(C(=O)NS(=O)(=O)C6(C)CC6)C[C@H]5C=CCC[C@H](C)C[C@@H](C)[C@H](N(C(=O)O)C(C)(C)C(F)(F)F)C(=O)N4C3)nc(N3CCCC3)cc2c1. The van der Waals surface area contributed by atoms with Gasteiger partial charge in [0.15, 0.2) is 0 Å². The van der Waals surface area contributed by atoms with E-state index >= 15 is 4.79 Å². The van der Waals surface area contributed by atoms with Gasteiger partial charge in [0.1, 0.15) is 40.8 Å². The summed E-state index contributed by atoms with van der Waals surface area (Å²) in [5.74, 6) is -3.19. The lowest BCUT2D eigenvalue weighted by Crippen LogP contribution is -2.66. The van der Waals surface area contributed by atoms with Crippen LogP contribution in [0.25, 0.3) is 10.8 Å². The summed E-state index contributed by atoms with van der Waals surface area (Å²) < 4.78 is 84.1. The molecule has 0 unspecified atom stereocenters. The van der Waals surface area contributed by atoms with Crippen LogP contribution in [-0.4, -0.2) is 119 Å². The number of fused-ring (bicyclic) bond motifs is 3. The van der Waals surface area contributed by atoms with E-state index in [2.05, 4.69) is 14.9 Å². The molecular formula is C43H57F3N6O9S. The number of carbonyl (C=O) groups excluding carboxylic acids is 3. The second kappa shape index (κ2) is 16.4. The normalized spacial score (nSPS) is 29.2. The molecule has 2 saturated heterocycles. The molecule has 3 N–H and O–H groups in total. The Balaban J connectivity index is 1.31. The van der Waals surface area contributed by atoms with E-state index < -0.39 is 85.9 Å². The number of methoxy groups -OCH3 is 1. The Kier molecular flexibility index (Phi) is 12.0. The summed E-state index contributed by atoms with van der Waals surface area (Å²) in [6.45, 7) is 7.50. The highest BCUT2D eigenvalue weighted by Crippen LogP contribution is 2.48. The molecule has 62 heavy (non-hydrogen) atoms. The lowest BCUT2D eigenvalue weighted by Gasteiger charge is -2.45. The number of hydrogen-bond donors (Lipinski definition) is 3. The predicted octanol–water partition coefficient (Wildman–Crippen LogP) is 5.77. The van der Waals surface area contributed by atoms with Crippen molar-refractivity contribution in [2.75, 3.05) is 31.6 Å². The molecule has 2 aromatic rings. The van der Waals surface area contributed by atoms with Gasteiger partial charge in [-0.2, -0.15) is 18.2 Å². The third-order valence-corrected chi connectivity index (χ3v) is 15.8. The Morgan fingerprint density at radius 2 is 1.77 bits per heavy atom. The summed E-state index contributed by atoms with van der Waals surface area (Å²) in [5, 5.41) is 14.6. The van der Waals surface area contributed by atoms with Crippen molar-refractivity contribution >= 4 is 50.4 Å². The van der Waals surface area contributed by atoms with Crippen molar-refractivity contribution in [1.82, 2.24) is 24.8 Å². The number of carboxylic acid groups (broad SMARTS) is 1. The maximum atomic E-state index is 15.2. The smallest absolute Gasteiger partial charge is 0.411 e. The molecule has 2 aliphatic carbocycles. The van der Waals surface area contributed by atoms with Crippen molar-refractivity contribution in [3.8, 4) is 11.6 Å². The Bertz CT molecular complexity index is 2250. The number of sulfonamides is 1. The highest BCUT2D eigenvalue weighted by Gasteiger charge is 2.64. The van der Waals surface area contributed by atoms with Crippen molar-refractivity contribution in [1.29, 1.82) is 0 Å². The fourth-order valence-electron chi connectivity index (χ4n) is 9.26. The quantitative estimate of drug-likeness (QED) is 0.260. The number of alkyl halides is 3. The first-order chi connectivity index (χ1) is 29.0. The Labute approximate surface area is 359 Å². The van der Waals surface area contributed by atoms with Gasteiger partial charge in [-0.25, -0.2) is 13.2 Å². The Hall–Kier alpha value is -4.81. The number of rotatable bonds is 9. The summed E-state index contributed by atoms with van der Waals surface area (Å²) in [5.41, 5.74) is -4.76. The van der Waals surface area contributed by atoms with Gasteiger partial charge in [-0.05, 0) is 114 Å². The number of benzene rings is 1. The van der Waals surface area contributed by atoms with Crippen LogP contribution in [0.4, 0.5) is 23.8 Å². The summed E-state index contributed by atoms with van der Waals surface area (Å²) in [7, 11) is -2.59. The zero-order valence-corrected chi connectivity index (χ0v) is 36.8. The van der Waals surface area contributed by atoms with E-state index in [-0.39, 0.29) is 42.5 Å². The van der Waals surface area contributed by atoms with E-state index in [1.165, 1.54) is 13.8 Å². The molecule has 340 valence electrons. The van der Waals surface area contributed by atoms with Crippen LogP contribution >= 0.6 is 0 Å². The van der Waals surface area contributed by atoms with Crippen LogP contribution in [0.3, 0.4) is 0 Å². The summed E-state index contributed by atoms with van der Waals surface area (Å²) >= 11 is 0. The van der Waals surface area contributed by atoms with Crippen molar-refractivity contribution in [2.24, 2.45) is 17.8 Å². The number of nitrogens with zero attached hydrogens (tertiary/aromatic N) is 4. The van der Waals surface area contributed by atoms with Gasteiger partial charge in [-0.15, -0.1) is 0 Å². The molecule has 0 radical (unpaired) electrons. The van der Waals surface area contributed by atoms with E-state index in [4.69, 9.17) is 14.5 Å². The number of anilines is 1. The highest BCUT2D eigenvalue weighted by atomic mass is 32.2. The van der Waals surface area contributed by atoms with Crippen LogP contribution in [0.1, 0.15) is 92.4 Å². The fourth-order valence-corrected chi connectivity index (χ4v) is 10.6. The molecule has 7 rings (SSSR count). The summed E-state index contributed by atoms with van der Waals surface area (Å²) in [6.07, 6.45) is -0.871. The van der Waals surface area contributed by atoms with E-state index in [0.717, 1.165) is 36.2 Å². The van der Waals surface area contributed by atoms with Gasteiger partial charge < -0.3 is 29.7 Å². The van der Waals surface area contributed by atoms with E-state index in [9.17, 15) is 41.1 Å². The molecule has 19 heteroatoms. The molecular weight excluding hydrogens is 834 g/mol.